The molecular formula is C16H26N2O3. The Bertz CT molecular complexity index is 435. The molecule has 0 aliphatic rings. The van der Waals surface area contributed by atoms with Crippen LogP contribution >= 0.6 is 0 Å². The van der Waals surface area contributed by atoms with Crippen molar-refractivity contribution in [3.8, 4) is 5.75 Å². The minimum Gasteiger partial charge on any atom is -0.493 e. The summed E-state index contributed by atoms with van der Waals surface area (Å²) in [6.45, 7) is 6.85. The van der Waals surface area contributed by atoms with Crippen LogP contribution in [0.15, 0.2) is 24.3 Å². The number of hydrogen-bond donors (Lipinski definition) is 3. The predicted octanol–water partition coefficient (Wildman–Crippen LogP) is 3.00. The minimum absolute atomic E-state index is 0.0182. The van der Waals surface area contributed by atoms with E-state index in [9.17, 15) is 4.79 Å². The van der Waals surface area contributed by atoms with Crippen LogP contribution in [0.4, 0.5) is 10.5 Å². The first-order valence-electron chi connectivity index (χ1n) is 7.46. The van der Waals surface area contributed by atoms with Gasteiger partial charge in [0, 0.05) is 24.4 Å². The molecule has 118 valence electrons. The summed E-state index contributed by atoms with van der Waals surface area (Å²) in [5.41, 5.74) is 0.688. The first-order chi connectivity index (χ1) is 10.0. The second kappa shape index (κ2) is 9.23. The van der Waals surface area contributed by atoms with E-state index in [1.807, 2.05) is 25.1 Å². The highest BCUT2D eigenvalue weighted by Crippen LogP contribution is 2.18. The average Bonchev–Trinajstić information content (AvgIpc) is 2.45. The molecule has 2 amide bonds. The molecule has 5 heteroatoms. The van der Waals surface area contributed by atoms with Crippen molar-refractivity contribution >= 4 is 11.7 Å². The number of urea groups is 1. The molecule has 1 unspecified atom stereocenters. The van der Waals surface area contributed by atoms with E-state index in [4.69, 9.17) is 9.84 Å². The maximum atomic E-state index is 11.9. The van der Waals surface area contributed by atoms with Gasteiger partial charge in [0.2, 0.25) is 0 Å². The van der Waals surface area contributed by atoms with E-state index in [0.29, 0.717) is 24.6 Å². The number of carbonyl (C=O) groups is 1. The van der Waals surface area contributed by atoms with Crippen molar-refractivity contribution in [2.24, 2.45) is 5.92 Å². The highest BCUT2D eigenvalue weighted by molar-refractivity contribution is 5.89. The molecule has 3 N–H and O–H groups in total. The first-order valence-corrected chi connectivity index (χ1v) is 7.46. The Balaban J connectivity index is 2.53. The van der Waals surface area contributed by atoms with Gasteiger partial charge in [-0.05, 0) is 30.9 Å². The summed E-state index contributed by atoms with van der Waals surface area (Å²) in [5.74, 6) is 1.19. The monoisotopic (exact) mass is 294 g/mol. The maximum absolute atomic E-state index is 11.9. The van der Waals surface area contributed by atoms with Gasteiger partial charge in [0.05, 0.1) is 6.61 Å². The van der Waals surface area contributed by atoms with Crippen LogP contribution in [0.1, 0.15) is 33.6 Å². The lowest BCUT2D eigenvalue weighted by atomic mass is 10.2. The van der Waals surface area contributed by atoms with Crippen LogP contribution in [0.5, 0.6) is 5.75 Å². The van der Waals surface area contributed by atoms with Crippen LogP contribution in [-0.4, -0.2) is 30.4 Å². The minimum atomic E-state index is -0.267. The highest BCUT2D eigenvalue weighted by Gasteiger charge is 2.10. The average molecular weight is 294 g/mol. The quantitative estimate of drug-likeness (QED) is 0.690. The molecule has 1 aromatic carbocycles. The van der Waals surface area contributed by atoms with Gasteiger partial charge in [-0.3, -0.25) is 0 Å². The third-order valence-electron chi connectivity index (χ3n) is 2.98. The fourth-order valence-electron chi connectivity index (χ4n) is 1.81. The van der Waals surface area contributed by atoms with Crippen molar-refractivity contribution in [2.75, 3.05) is 18.5 Å². The molecule has 0 bridgehead atoms. The molecular weight excluding hydrogens is 268 g/mol. The molecule has 0 saturated heterocycles. The van der Waals surface area contributed by atoms with Gasteiger partial charge in [-0.1, -0.05) is 26.8 Å². The molecule has 0 spiro atoms. The standard InChI is InChI=1S/C16H26N2O3/c1-4-13(8-9-19)17-16(20)18-14-6-5-7-15(10-14)21-11-12(2)3/h5-7,10,12-13,19H,4,8-9,11H2,1-3H3,(H2,17,18,20). The van der Waals surface area contributed by atoms with Crippen molar-refractivity contribution in [2.45, 2.75) is 39.7 Å². The summed E-state index contributed by atoms with van der Waals surface area (Å²) in [7, 11) is 0. The van der Waals surface area contributed by atoms with Gasteiger partial charge < -0.3 is 20.5 Å². The molecule has 0 aliphatic carbocycles. The van der Waals surface area contributed by atoms with Gasteiger partial charge in [0.1, 0.15) is 5.75 Å². The lowest BCUT2D eigenvalue weighted by Gasteiger charge is -2.16. The van der Waals surface area contributed by atoms with Crippen molar-refractivity contribution < 1.29 is 14.6 Å². The summed E-state index contributed by atoms with van der Waals surface area (Å²) in [5, 5.41) is 14.5. The summed E-state index contributed by atoms with van der Waals surface area (Å²) in [6.07, 6.45) is 1.34. The molecule has 5 nitrogen and oxygen atoms in total. The fraction of sp³-hybridized carbons (Fsp3) is 0.562. The number of benzene rings is 1. The van der Waals surface area contributed by atoms with Gasteiger partial charge in [-0.15, -0.1) is 0 Å². The van der Waals surface area contributed by atoms with Crippen LogP contribution < -0.4 is 15.4 Å². The second-order valence-electron chi connectivity index (χ2n) is 5.45. The number of amides is 2. The molecule has 1 atom stereocenters. The summed E-state index contributed by atoms with van der Waals surface area (Å²) in [6, 6.07) is 7.04. The Morgan fingerprint density at radius 2 is 2.14 bits per heavy atom. The number of nitrogens with one attached hydrogen (secondary N) is 2. The zero-order valence-corrected chi connectivity index (χ0v) is 13.1. The topological polar surface area (TPSA) is 70.6 Å². The third kappa shape index (κ3) is 6.99. The number of ether oxygens (including phenoxy) is 1. The molecule has 1 rings (SSSR count). The van der Waals surface area contributed by atoms with E-state index in [2.05, 4.69) is 24.5 Å². The smallest absolute Gasteiger partial charge is 0.319 e. The Kier molecular flexibility index (Phi) is 7.61. The van der Waals surface area contributed by atoms with Gasteiger partial charge in [-0.25, -0.2) is 4.79 Å². The molecule has 0 aliphatic heterocycles. The number of aliphatic hydroxyl groups is 1. The van der Waals surface area contributed by atoms with Crippen molar-refractivity contribution in [1.29, 1.82) is 0 Å². The maximum Gasteiger partial charge on any atom is 0.319 e. The lowest BCUT2D eigenvalue weighted by molar-refractivity contribution is 0.237. The molecule has 0 fully saturated rings. The Morgan fingerprint density at radius 1 is 1.38 bits per heavy atom. The van der Waals surface area contributed by atoms with Gasteiger partial charge in [0.25, 0.3) is 0 Å². The molecule has 0 radical (unpaired) electrons. The molecule has 0 aromatic heterocycles. The zero-order chi connectivity index (χ0) is 15.7. The van der Waals surface area contributed by atoms with Crippen molar-refractivity contribution in [3.05, 3.63) is 24.3 Å². The van der Waals surface area contributed by atoms with Crippen LogP contribution in [0.3, 0.4) is 0 Å². The Hall–Kier alpha value is -1.75. The van der Waals surface area contributed by atoms with Crippen LogP contribution in [-0.2, 0) is 0 Å². The van der Waals surface area contributed by atoms with E-state index in [0.717, 1.165) is 12.2 Å². The van der Waals surface area contributed by atoms with Crippen molar-refractivity contribution in [1.82, 2.24) is 5.32 Å². The number of aliphatic hydroxyl groups excluding tert-OH is 1. The van der Waals surface area contributed by atoms with Crippen LogP contribution in [0.2, 0.25) is 0 Å². The van der Waals surface area contributed by atoms with E-state index in [1.165, 1.54) is 0 Å². The summed E-state index contributed by atoms with van der Waals surface area (Å²) >= 11 is 0. The second-order valence-corrected chi connectivity index (χ2v) is 5.45. The highest BCUT2D eigenvalue weighted by atomic mass is 16.5. The lowest BCUT2D eigenvalue weighted by Crippen LogP contribution is -2.38. The van der Waals surface area contributed by atoms with Crippen LogP contribution in [0.25, 0.3) is 0 Å². The van der Waals surface area contributed by atoms with Crippen LogP contribution in [0, 0.1) is 5.92 Å². The summed E-state index contributed by atoms with van der Waals surface area (Å²) < 4.78 is 5.63. The number of hydrogen-bond acceptors (Lipinski definition) is 3. The van der Waals surface area contributed by atoms with E-state index < -0.39 is 0 Å². The molecule has 0 heterocycles. The number of rotatable bonds is 8. The number of carbonyl (C=O) groups excluding carboxylic acids is 1. The first kappa shape index (κ1) is 17.3. The van der Waals surface area contributed by atoms with E-state index in [1.54, 1.807) is 6.07 Å². The van der Waals surface area contributed by atoms with Gasteiger partial charge in [-0.2, -0.15) is 0 Å². The molecule has 0 saturated carbocycles. The van der Waals surface area contributed by atoms with E-state index in [-0.39, 0.29) is 18.7 Å². The number of anilines is 1. The van der Waals surface area contributed by atoms with Gasteiger partial charge in [0.15, 0.2) is 0 Å². The predicted molar refractivity (Wildman–Crippen MR) is 84.7 cm³/mol. The van der Waals surface area contributed by atoms with Gasteiger partial charge >= 0.3 is 6.03 Å². The largest absolute Gasteiger partial charge is 0.493 e. The SMILES string of the molecule is CCC(CCO)NC(=O)Nc1cccc(OCC(C)C)c1. The Labute approximate surface area is 126 Å². The van der Waals surface area contributed by atoms with Crippen molar-refractivity contribution in [3.63, 3.8) is 0 Å². The zero-order valence-electron chi connectivity index (χ0n) is 13.1. The molecule has 1 aromatic rings. The fourth-order valence-corrected chi connectivity index (χ4v) is 1.81. The third-order valence-corrected chi connectivity index (χ3v) is 2.98. The Morgan fingerprint density at radius 3 is 2.76 bits per heavy atom. The normalized spacial score (nSPS) is 12.0. The summed E-state index contributed by atoms with van der Waals surface area (Å²) in [4.78, 5) is 11.9. The van der Waals surface area contributed by atoms with E-state index >= 15 is 0 Å². The molecule has 21 heavy (non-hydrogen) atoms.